The highest BCUT2D eigenvalue weighted by molar-refractivity contribution is 5.77. The van der Waals surface area contributed by atoms with Crippen molar-refractivity contribution < 1.29 is 4.79 Å². The third kappa shape index (κ3) is 3.73. The van der Waals surface area contributed by atoms with Crippen LogP contribution in [0.2, 0.25) is 0 Å². The summed E-state index contributed by atoms with van der Waals surface area (Å²) in [5.74, 6) is 1.27. The van der Waals surface area contributed by atoms with Gasteiger partial charge in [0.05, 0.1) is 0 Å². The van der Waals surface area contributed by atoms with Crippen LogP contribution in [-0.4, -0.2) is 54.0 Å². The smallest absolute Gasteiger partial charge is 0.223 e. The number of carbonyl (C=O) groups is 1. The number of hydrogen-bond acceptors (Lipinski definition) is 3. The molecule has 0 aliphatic carbocycles. The Morgan fingerprint density at radius 3 is 2.75 bits per heavy atom. The van der Waals surface area contributed by atoms with Crippen molar-refractivity contribution in [2.75, 3.05) is 26.2 Å². The predicted molar refractivity (Wildman–Crippen MR) is 82.4 cm³/mol. The van der Waals surface area contributed by atoms with E-state index in [0.717, 1.165) is 19.5 Å². The van der Waals surface area contributed by atoms with Crippen LogP contribution in [0.1, 0.15) is 46.5 Å². The Bertz CT molecular complexity index is 332. The second-order valence-corrected chi connectivity index (χ2v) is 7.12. The van der Waals surface area contributed by atoms with E-state index in [-0.39, 0.29) is 0 Å². The largest absolute Gasteiger partial charge is 0.337 e. The van der Waals surface area contributed by atoms with E-state index in [0.29, 0.717) is 42.8 Å². The van der Waals surface area contributed by atoms with Gasteiger partial charge in [0.2, 0.25) is 5.91 Å². The molecule has 0 aromatic carbocycles. The molecule has 0 saturated carbocycles. The van der Waals surface area contributed by atoms with Crippen molar-refractivity contribution in [1.29, 1.82) is 0 Å². The summed E-state index contributed by atoms with van der Waals surface area (Å²) in [5, 5.41) is 0. The maximum atomic E-state index is 12.6. The molecular weight excluding hydrogens is 250 g/mol. The van der Waals surface area contributed by atoms with Crippen LogP contribution in [0.5, 0.6) is 0 Å². The lowest BCUT2D eigenvalue weighted by atomic mass is 9.93. The lowest BCUT2D eigenvalue weighted by molar-refractivity contribution is -0.137. The molecule has 116 valence electrons. The Labute approximate surface area is 123 Å². The lowest BCUT2D eigenvalue weighted by Gasteiger charge is -2.42. The highest BCUT2D eigenvalue weighted by atomic mass is 16.2. The molecule has 0 aromatic rings. The summed E-state index contributed by atoms with van der Waals surface area (Å²) >= 11 is 0. The number of carbonyl (C=O) groups excluding carboxylic acids is 1. The molecule has 2 aliphatic rings. The maximum absolute atomic E-state index is 12.6. The number of hydrogen-bond donors (Lipinski definition) is 1. The van der Waals surface area contributed by atoms with Crippen molar-refractivity contribution in [2.24, 2.45) is 17.6 Å². The number of nitrogens with zero attached hydrogens (tertiary/aromatic N) is 2. The number of rotatable bonds is 5. The van der Waals surface area contributed by atoms with E-state index in [2.05, 4.69) is 30.6 Å². The molecule has 2 N–H and O–H groups in total. The highest BCUT2D eigenvalue weighted by Crippen LogP contribution is 2.26. The van der Waals surface area contributed by atoms with Crippen molar-refractivity contribution in [1.82, 2.24) is 9.80 Å². The molecular formula is C16H31N3O. The van der Waals surface area contributed by atoms with Crippen LogP contribution in [0.25, 0.3) is 0 Å². The van der Waals surface area contributed by atoms with Crippen LogP contribution < -0.4 is 5.73 Å². The molecule has 2 heterocycles. The van der Waals surface area contributed by atoms with Gasteiger partial charge in [0, 0.05) is 31.6 Å². The molecule has 0 spiro atoms. The first-order chi connectivity index (χ1) is 9.51. The first-order valence-corrected chi connectivity index (χ1v) is 8.24. The fraction of sp³-hybridized carbons (Fsp3) is 0.938. The summed E-state index contributed by atoms with van der Waals surface area (Å²) in [5.41, 5.74) is 5.84. The fourth-order valence-corrected chi connectivity index (χ4v) is 3.83. The summed E-state index contributed by atoms with van der Waals surface area (Å²) in [7, 11) is 0. The van der Waals surface area contributed by atoms with Crippen molar-refractivity contribution in [3.63, 3.8) is 0 Å². The van der Waals surface area contributed by atoms with Gasteiger partial charge in [0.1, 0.15) is 0 Å². The third-order valence-electron chi connectivity index (χ3n) is 4.86. The minimum atomic E-state index is 0.320. The maximum Gasteiger partial charge on any atom is 0.223 e. The number of fused-ring (bicyclic) bond motifs is 1. The quantitative estimate of drug-likeness (QED) is 0.834. The van der Waals surface area contributed by atoms with Gasteiger partial charge < -0.3 is 10.6 Å². The van der Waals surface area contributed by atoms with E-state index in [1.165, 1.54) is 19.4 Å². The lowest BCUT2D eigenvalue weighted by Crippen LogP contribution is -2.57. The minimum absolute atomic E-state index is 0.320. The van der Waals surface area contributed by atoms with Crippen molar-refractivity contribution in [3.8, 4) is 0 Å². The highest BCUT2D eigenvalue weighted by Gasteiger charge is 2.36. The Kier molecular flexibility index (Phi) is 5.44. The van der Waals surface area contributed by atoms with E-state index in [4.69, 9.17) is 5.73 Å². The molecule has 0 aromatic heterocycles. The molecule has 2 saturated heterocycles. The molecule has 3 atom stereocenters. The van der Waals surface area contributed by atoms with Crippen molar-refractivity contribution in [2.45, 2.75) is 58.5 Å². The standard InChI is InChI=1S/C16H31N3O/c1-12(2)7-14(9-17)8-16(20)19-11-15-5-4-6-18(15)10-13(19)3/h12-15H,4-11,17H2,1-3H3. The Balaban J connectivity index is 1.90. The summed E-state index contributed by atoms with van der Waals surface area (Å²) < 4.78 is 0. The molecule has 2 fully saturated rings. The Hall–Kier alpha value is -0.610. The van der Waals surface area contributed by atoms with Crippen LogP contribution in [0, 0.1) is 11.8 Å². The molecule has 0 bridgehead atoms. The number of nitrogens with two attached hydrogens (primary N) is 1. The van der Waals surface area contributed by atoms with Crippen LogP contribution in [-0.2, 0) is 4.79 Å². The fourth-order valence-electron chi connectivity index (χ4n) is 3.83. The summed E-state index contributed by atoms with van der Waals surface area (Å²) in [6.07, 6.45) is 4.23. The zero-order valence-corrected chi connectivity index (χ0v) is 13.3. The second kappa shape index (κ2) is 6.90. The molecule has 2 rings (SSSR count). The van der Waals surface area contributed by atoms with Gasteiger partial charge in [-0.3, -0.25) is 9.69 Å². The van der Waals surface area contributed by atoms with Gasteiger partial charge in [0.25, 0.3) is 0 Å². The molecule has 1 amide bonds. The number of piperazine rings is 1. The number of amides is 1. The van der Waals surface area contributed by atoms with Gasteiger partial charge in [-0.25, -0.2) is 0 Å². The monoisotopic (exact) mass is 281 g/mol. The molecule has 4 heteroatoms. The van der Waals surface area contributed by atoms with Crippen molar-refractivity contribution >= 4 is 5.91 Å². The second-order valence-electron chi connectivity index (χ2n) is 7.12. The van der Waals surface area contributed by atoms with Gasteiger partial charge >= 0.3 is 0 Å². The summed E-state index contributed by atoms with van der Waals surface area (Å²) in [6, 6.07) is 0.964. The van der Waals surface area contributed by atoms with Gasteiger partial charge in [-0.15, -0.1) is 0 Å². The van der Waals surface area contributed by atoms with Crippen LogP contribution in [0.15, 0.2) is 0 Å². The third-order valence-corrected chi connectivity index (χ3v) is 4.86. The van der Waals surface area contributed by atoms with E-state index < -0.39 is 0 Å². The minimum Gasteiger partial charge on any atom is -0.337 e. The molecule has 2 aliphatic heterocycles. The first kappa shape index (κ1) is 15.8. The van der Waals surface area contributed by atoms with Gasteiger partial charge in [0.15, 0.2) is 0 Å². The Morgan fingerprint density at radius 2 is 2.10 bits per heavy atom. The normalized spacial score (nSPS) is 28.8. The zero-order valence-electron chi connectivity index (χ0n) is 13.3. The summed E-state index contributed by atoms with van der Waals surface area (Å²) in [6.45, 7) is 10.4. The van der Waals surface area contributed by atoms with Gasteiger partial charge in [-0.05, 0) is 51.1 Å². The van der Waals surface area contributed by atoms with Gasteiger partial charge in [-0.2, -0.15) is 0 Å². The van der Waals surface area contributed by atoms with E-state index in [1.807, 2.05) is 0 Å². The van der Waals surface area contributed by atoms with Gasteiger partial charge in [-0.1, -0.05) is 13.8 Å². The van der Waals surface area contributed by atoms with E-state index in [9.17, 15) is 4.79 Å². The molecule has 0 radical (unpaired) electrons. The molecule has 4 nitrogen and oxygen atoms in total. The van der Waals surface area contributed by atoms with Crippen molar-refractivity contribution in [3.05, 3.63) is 0 Å². The first-order valence-electron chi connectivity index (χ1n) is 8.24. The topological polar surface area (TPSA) is 49.6 Å². The van der Waals surface area contributed by atoms with E-state index in [1.54, 1.807) is 0 Å². The SMILES string of the molecule is CC(C)CC(CN)CC(=O)N1CC2CCCN2CC1C. The average molecular weight is 281 g/mol. The van der Waals surface area contributed by atoms with Crippen LogP contribution in [0.3, 0.4) is 0 Å². The van der Waals surface area contributed by atoms with Crippen LogP contribution >= 0.6 is 0 Å². The van der Waals surface area contributed by atoms with Crippen LogP contribution in [0.4, 0.5) is 0 Å². The van der Waals surface area contributed by atoms with E-state index >= 15 is 0 Å². The average Bonchev–Trinajstić information content (AvgIpc) is 2.83. The zero-order chi connectivity index (χ0) is 14.7. The summed E-state index contributed by atoms with van der Waals surface area (Å²) in [4.78, 5) is 17.3. The predicted octanol–water partition coefficient (Wildman–Crippen LogP) is 1.69. The Morgan fingerprint density at radius 1 is 1.35 bits per heavy atom. The molecule has 20 heavy (non-hydrogen) atoms. The molecule has 3 unspecified atom stereocenters.